The number of esters is 1. The monoisotopic (exact) mass is 208 g/mol. The molecule has 0 N–H and O–H groups in total. The minimum atomic E-state index is -0.112. The molecule has 2 heteroatoms. The molecule has 1 rings (SSSR count). The van der Waals surface area contributed by atoms with Gasteiger partial charge in [-0.25, -0.2) is 0 Å². The summed E-state index contributed by atoms with van der Waals surface area (Å²) >= 11 is 0. The molecule has 0 bridgehead atoms. The second kappa shape index (κ2) is 6.44. The zero-order chi connectivity index (χ0) is 11.1. The maximum Gasteiger partial charge on any atom is 0.306 e. The summed E-state index contributed by atoms with van der Waals surface area (Å²) in [7, 11) is 1.44. The van der Waals surface area contributed by atoms with Gasteiger partial charge in [0.1, 0.15) is 0 Å². The topological polar surface area (TPSA) is 26.3 Å². The van der Waals surface area contributed by atoms with Gasteiger partial charge in [0.15, 0.2) is 0 Å². The molecule has 0 spiro atoms. The molecule has 0 radical (unpaired) electrons. The number of carbonyl (C=O) groups excluding carboxylic acids is 1. The molecule has 1 atom stereocenters. The molecule has 0 fully saturated rings. The fourth-order valence-corrected chi connectivity index (χ4v) is 1.78. The summed E-state index contributed by atoms with van der Waals surface area (Å²) in [4.78, 5) is 11.1. The van der Waals surface area contributed by atoms with Crippen LogP contribution in [0, 0.1) is 5.92 Å². The Labute approximate surface area is 92.0 Å². The first-order chi connectivity index (χ1) is 7.26. The van der Waals surface area contributed by atoms with E-state index in [1.165, 1.54) is 25.5 Å². The van der Waals surface area contributed by atoms with Gasteiger partial charge in [-0.2, -0.15) is 0 Å². The lowest BCUT2D eigenvalue weighted by atomic mass is 10.0. The number of hydrogen-bond donors (Lipinski definition) is 0. The van der Waals surface area contributed by atoms with Gasteiger partial charge in [0.25, 0.3) is 0 Å². The smallest absolute Gasteiger partial charge is 0.306 e. The zero-order valence-corrected chi connectivity index (χ0v) is 9.66. The maximum absolute atomic E-state index is 11.1. The number of methoxy groups -OCH3 is 1. The van der Waals surface area contributed by atoms with Gasteiger partial charge in [-0.05, 0) is 18.8 Å². The van der Waals surface area contributed by atoms with Crippen LogP contribution in [0.25, 0.3) is 0 Å². The highest BCUT2D eigenvalue weighted by molar-refractivity contribution is 5.70. The summed E-state index contributed by atoms with van der Waals surface area (Å²) in [5, 5.41) is 0. The van der Waals surface area contributed by atoms with Crippen molar-refractivity contribution in [2.45, 2.75) is 39.0 Å². The lowest BCUT2D eigenvalue weighted by molar-refractivity contribution is -0.141. The molecule has 0 aromatic heterocycles. The predicted octanol–water partition coefficient (Wildman–Crippen LogP) is 3.24. The quantitative estimate of drug-likeness (QED) is 0.512. The summed E-state index contributed by atoms with van der Waals surface area (Å²) < 4.78 is 4.65. The van der Waals surface area contributed by atoms with Gasteiger partial charge in [0.05, 0.1) is 13.5 Å². The van der Waals surface area contributed by atoms with E-state index in [0.29, 0.717) is 12.3 Å². The number of hydrogen-bond acceptors (Lipinski definition) is 2. The highest BCUT2D eigenvalue weighted by Gasteiger charge is 2.16. The summed E-state index contributed by atoms with van der Waals surface area (Å²) in [6, 6.07) is 0. The van der Waals surface area contributed by atoms with E-state index in [4.69, 9.17) is 0 Å². The van der Waals surface area contributed by atoms with E-state index in [0.717, 1.165) is 12.8 Å². The minimum absolute atomic E-state index is 0.112. The zero-order valence-electron chi connectivity index (χ0n) is 9.66. The van der Waals surface area contributed by atoms with Crippen LogP contribution in [0.3, 0.4) is 0 Å². The maximum atomic E-state index is 11.1. The molecule has 0 amide bonds. The normalized spacial score (nSPS) is 22.3. The molecular formula is C13H20O2. The summed E-state index contributed by atoms with van der Waals surface area (Å²) in [6.45, 7) is 2.20. The van der Waals surface area contributed by atoms with Crippen molar-refractivity contribution in [1.29, 1.82) is 0 Å². The van der Waals surface area contributed by atoms with Crippen LogP contribution in [-0.2, 0) is 9.53 Å². The molecule has 0 aromatic carbocycles. The highest BCUT2D eigenvalue weighted by Crippen LogP contribution is 2.26. The molecule has 15 heavy (non-hydrogen) atoms. The fraction of sp³-hybridized carbons (Fsp3) is 0.615. The number of unbranched alkanes of at least 4 members (excludes halogenated alkanes) is 2. The van der Waals surface area contributed by atoms with Crippen molar-refractivity contribution in [3.05, 3.63) is 23.8 Å². The van der Waals surface area contributed by atoms with E-state index >= 15 is 0 Å². The van der Waals surface area contributed by atoms with Crippen LogP contribution >= 0.6 is 0 Å². The number of ether oxygens (including phenoxy) is 1. The molecule has 0 heterocycles. The number of rotatable bonds is 5. The van der Waals surface area contributed by atoms with E-state index in [2.05, 4.69) is 29.9 Å². The molecule has 1 aliphatic carbocycles. The Morgan fingerprint density at radius 3 is 3.13 bits per heavy atom. The van der Waals surface area contributed by atoms with Crippen molar-refractivity contribution in [2.24, 2.45) is 5.92 Å². The average Bonchev–Trinajstić information content (AvgIpc) is 2.66. The molecule has 0 saturated carbocycles. The van der Waals surface area contributed by atoms with Crippen molar-refractivity contribution >= 4 is 5.97 Å². The van der Waals surface area contributed by atoms with Crippen LogP contribution in [0.15, 0.2) is 23.8 Å². The molecule has 1 aliphatic rings. The van der Waals surface area contributed by atoms with E-state index in [1.54, 1.807) is 0 Å². The van der Waals surface area contributed by atoms with Gasteiger partial charge in [-0.1, -0.05) is 43.6 Å². The van der Waals surface area contributed by atoms with Crippen LogP contribution in [-0.4, -0.2) is 13.1 Å². The number of carbonyl (C=O) groups is 1. The first kappa shape index (κ1) is 12.0. The standard InChI is InChI=1S/C13H20O2/c1-3-4-5-6-11-7-8-12(9-11)10-13(14)15-2/h6-8,12H,3-5,9-10H2,1-2H3. The van der Waals surface area contributed by atoms with Crippen LogP contribution in [0.1, 0.15) is 39.0 Å². The summed E-state index contributed by atoms with van der Waals surface area (Å²) in [6.07, 6.45) is 11.7. The second-order valence-corrected chi connectivity index (χ2v) is 4.02. The summed E-state index contributed by atoms with van der Waals surface area (Å²) in [5.74, 6) is 0.241. The van der Waals surface area contributed by atoms with Crippen molar-refractivity contribution in [3.63, 3.8) is 0 Å². The Morgan fingerprint density at radius 1 is 1.67 bits per heavy atom. The second-order valence-electron chi connectivity index (χ2n) is 4.02. The van der Waals surface area contributed by atoms with Crippen LogP contribution in [0.5, 0.6) is 0 Å². The Hall–Kier alpha value is -1.05. The average molecular weight is 208 g/mol. The molecule has 1 unspecified atom stereocenters. The highest BCUT2D eigenvalue weighted by atomic mass is 16.5. The minimum Gasteiger partial charge on any atom is -0.469 e. The first-order valence-electron chi connectivity index (χ1n) is 5.70. The fourth-order valence-electron chi connectivity index (χ4n) is 1.78. The lowest BCUT2D eigenvalue weighted by Gasteiger charge is -2.05. The summed E-state index contributed by atoms with van der Waals surface area (Å²) in [5.41, 5.74) is 1.37. The third-order valence-electron chi connectivity index (χ3n) is 2.70. The molecule has 0 saturated heterocycles. The van der Waals surface area contributed by atoms with E-state index in [9.17, 15) is 4.79 Å². The Bertz CT molecular complexity index is 264. The SMILES string of the molecule is CCCCC=C1C=CC(CC(=O)OC)C1. The molecular weight excluding hydrogens is 188 g/mol. The van der Waals surface area contributed by atoms with E-state index in [-0.39, 0.29) is 5.97 Å². The van der Waals surface area contributed by atoms with Gasteiger partial charge < -0.3 is 4.74 Å². The van der Waals surface area contributed by atoms with Gasteiger partial charge in [-0.15, -0.1) is 0 Å². The van der Waals surface area contributed by atoms with Crippen molar-refractivity contribution in [2.75, 3.05) is 7.11 Å². The van der Waals surface area contributed by atoms with Gasteiger partial charge in [0, 0.05) is 0 Å². The lowest BCUT2D eigenvalue weighted by Crippen LogP contribution is -2.06. The third kappa shape index (κ3) is 4.32. The van der Waals surface area contributed by atoms with Crippen LogP contribution in [0.4, 0.5) is 0 Å². The Balaban J connectivity index is 2.30. The number of allylic oxidation sites excluding steroid dienone is 4. The van der Waals surface area contributed by atoms with Crippen LogP contribution < -0.4 is 0 Å². The van der Waals surface area contributed by atoms with E-state index < -0.39 is 0 Å². The van der Waals surface area contributed by atoms with Gasteiger partial charge >= 0.3 is 5.97 Å². The van der Waals surface area contributed by atoms with Crippen molar-refractivity contribution < 1.29 is 9.53 Å². The molecule has 0 aromatic rings. The molecule has 0 aliphatic heterocycles. The van der Waals surface area contributed by atoms with Crippen molar-refractivity contribution in [3.8, 4) is 0 Å². The van der Waals surface area contributed by atoms with Gasteiger partial charge in [0.2, 0.25) is 0 Å². The van der Waals surface area contributed by atoms with Gasteiger partial charge in [-0.3, -0.25) is 4.79 Å². The third-order valence-corrected chi connectivity index (χ3v) is 2.70. The van der Waals surface area contributed by atoms with Crippen molar-refractivity contribution in [1.82, 2.24) is 0 Å². The largest absolute Gasteiger partial charge is 0.469 e. The molecule has 2 nitrogen and oxygen atoms in total. The van der Waals surface area contributed by atoms with E-state index in [1.807, 2.05) is 0 Å². The Kier molecular flexibility index (Phi) is 5.16. The predicted molar refractivity (Wildman–Crippen MR) is 61.5 cm³/mol. The molecule has 84 valence electrons. The van der Waals surface area contributed by atoms with Crippen LogP contribution in [0.2, 0.25) is 0 Å². The first-order valence-corrected chi connectivity index (χ1v) is 5.70. The Morgan fingerprint density at radius 2 is 2.47 bits per heavy atom.